The smallest absolute Gasteiger partial charge is 0.417 e. The van der Waals surface area contributed by atoms with Crippen molar-refractivity contribution in [2.45, 2.75) is 6.18 Å². The predicted molar refractivity (Wildman–Crippen MR) is 65.7 cm³/mol. The highest BCUT2D eigenvalue weighted by molar-refractivity contribution is 6.33. The van der Waals surface area contributed by atoms with Crippen molar-refractivity contribution < 1.29 is 32.2 Å². The second-order valence-electron chi connectivity index (χ2n) is 3.69. The number of hydrogen-bond donors (Lipinski definition) is 1. The lowest BCUT2D eigenvalue weighted by Gasteiger charge is -2.10. The minimum Gasteiger partial charge on any atom is -0.454 e. The van der Waals surface area contributed by atoms with Crippen LogP contribution in [0.25, 0.3) is 0 Å². The number of rotatable bonds is 5. The number of alkyl halides is 3. The van der Waals surface area contributed by atoms with Crippen molar-refractivity contribution in [2.24, 2.45) is 0 Å². The number of anilines is 1. The summed E-state index contributed by atoms with van der Waals surface area (Å²) in [5, 5.41) is 1.73. The summed E-state index contributed by atoms with van der Waals surface area (Å²) in [5.74, 6) is -1.83. The van der Waals surface area contributed by atoms with Gasteiger partial charge in [0.2, 0.25) is 0 Å². The highest BCUT2D eigenvalue weighted by atomic mass is 35.5. The molecule has 1 amide bonds. The fraction of sp³-hybridized carbons (Fsp3) is 0.364. The first-order valence-corrected chi connectivity index (χ1v) is 5.79. The predicted octanol–water partition coefficient (Wildman–Crippen LogP) is 1.88. The molecular weight excluding hydrogens is 317 g/mol. The van der Waals surface area contributed by atoms with E-state index in [9.17, 15) is 22.8 Å². The minimum absolute atomic E-state index is 0.266. The van der Waals surface area contributed by atoms with Crippen LogP contribution < -0.4 is 5.32 Å². The Hall–Kier alpha value is -1.87. The number of hydrogen-bond acceptors (Lipinski definition) is 5. The van der Waals surface area contributed by atoms with Gasteiger partial charge in [-0.05, 0) is 6.07 Å². The van der Waals surface area contributed by atoms with Crippen LogP contribution in [0.3, 0.4) is 0 Å². The number of nitrogens with zero attached hydrogens (tertiary/aromatic N) is 1. The molecule has 0 saturated heterocycles. The zero-order valence-corrected chi connectivity index (χ0v) is 11.4. The highest BCUT2D eigenvalue weighted by Gasteiger charge is 2.31. The van der Waals surface area contributed by atoms with E-state index in [4.69, 9.17) is 11.6 Å². The highest BCUT2D eigenvalue weighted by Crippen LogP contribution is 2.32. The van der Waals surface area contributed by atoms with Gasteiger partial charge in [0.15, 0.2) is 12.4 Å². The molecule has 0 saturated carbocycles. The Morgan fingerprint density at radius 3 is 2.57 bits per heavy atom. The van der Waals surface area contributed by atoms with E-state index in [1.54, 1.807) is 0 Å². The van der Waals surface area contributed by atoms with Gasteiger partial charge in [0, 0.05) is 13.3 Å². The standard InChI is InChI=1S/C11H10ClF3N2O4/c1-20-5-9(19)21-4-8(18)17-10-7(12)2-6(3-16-10)11(13,14)15/h2-3H,4-5H2,1H3,(H,16,17,18). The number of ether oxygens (including phenoxy) is 2. The molecule has 0 aromatic carbocycles. The first-order chi connectivity index (χ1) is 9.74. The molecule has 0 aliphatic heterocycles. The summed E-state index contributed by atoms with van der Waals surface area (Å²) < 4.78 is 46.1. The van der Waals surface area contributed by atoms with Crippen LogP contribution in [-0.2, 0) is 25.2 Å². The molecule has 6 nitrogen and oxygen atoms in total. The van der Waals surface area contributed by atoms with Crippen LogP contribution in [0.1, 0.15) is 5.56 Å². The van der Waals surface area contributed by atoms with Crippen molar-refractivity contribution in [1.29, 1.82) is 0 Å². The maximum absolute atomic E-state index is 12.4. The first-order valence-electron chi connectivity index (χ1n) is 5.41. The molecule has 0 bridgehead atoms. The molecule has 0 fully saturated rings. The molecule has 116 valence electrons. The Bertz CT molecular complexity index is 537. The quantitative estimate of drug-likeness (QED) is 0.836. The molecule has 0 radical (unpaired) electrons. The van der Waals surface area contributed by atoms with Crippen LogP contribution in [0, 0.1) is 0 Å². The summed E-state index contributed by atoms with van der Waals surface area (Å²) in [4.78, 5) is 25.7. The van der Waals surface area contributed by atoms with Gasteiger partial charge in [-0.25, -0.2) is 9.78 Å². The number of nitrogens with one attached hydrogen (secondary N) is 1. The van der Waals surface area contributed by atoms with Crippen LogP contribution in [0.2, 0.25) is 5.02 Å². The van der Waals surface area contributed by atoms with Gasteiger partial charge in [-0.2, -0.15) is 13.2 Å². The molecule has 0 aliphatic carbocycles. The Labute approximate surface area is 122 Å². The SMILES string of the molecule is COCC(=O)OCC(=O)Nc1ncc(C(F)(F)F)cc1Cl. The van der Waals surface area contributed by atoms with E-state index in [1.165, 1.54) is 7.11 Å². The van der Waals surface area contributed by atoms with Gasteiger partial charge >= 0.3 is 12.1 Å². The Morgan fingerprint density at radius 2 is 2.05 bits per heavy atom. The third-order valence-corrected chi connectivity index (χ3v) is 2.34. The van der Waals surface area contributed by atoms with Gasteiger partial charge in [-0.15, -0.1) is 0 Å². The van der Waals surface area contributed by atoms with Gasteiger partial charge in [0.25, 0.3) is 5.91 Å². The second kappa shape index (κ2) is 7.23. The van der Waals surface area contributed by atoms with Gasteiger partial charge in [0.1, 0.15) is 6.61 Å². The van der Waals surface area contributed by atoms with Gasteiger partial charge in [-0.3, -0.25) is 4.79 Å². The van der Waals surface area contributed by atoms with E-state index in [2.05, 4.69) is 19.8 Å². The number of halogens is 4. The lowest BCUT2D eigenvalue weighted by atomic mass is 10.3. The Balaban J connectivity index is 2.63. The summed E-state index contributed by atoms with van der Waals surface area (Å²) in [5.41, 5.74) is -1.04. The molecule has 10 heteroatoms. The fourth-order valence-corrected chi connectivity index (χ4v) is 1.37. The zero-order valence-electron chi connectivity index (χ0n) is 10.7. The van der Waals surface area contributed by atoms with Crippen molar-refractivity contribution in [3.8, 4) is 0 Å². The van der Waals surface area contributed by atoms with Crippen LogP contribution in [0.15, 0.2) is 12.3 Å². The molecule has 1 N–H and O–H groups in total. The van der Waals surface area contributed by atoms with E-state index in [0.29, 0.717) is 12.3 Å². The number of pyridine rings is 1. The van der Waals surface area contributed by atoms with E-state index in [1.807, 2.05) is 0 Å². The summed E-state index contributed by atoms with van der Waals surface area (Å²) in [7, 11) is 1.27. The first kappa shape index (κ1) is 17.2. The molecule has 1 aromatic rings. The summed E-state index contributed by atoms with van der Waals surface area (Å²) in [6.07, 6.45) is -4.06. The van der Waals surface area contributed by atoms with Crippen LogP contribution in [0.4, 0.5) is 19.0 Å². The Kier molecular flexibility index (Phi) is 5.91. The molecular formula is C11H10ClF3N2O4. The molecule has 0 spiro atoms. The largest absolute Gasteiger partial charge is 0.454 e. The van der Waals surface area contributed by atoms with Gasteiger partial charge < -0.3 is 14.8 Å². The molecule has 1 aromatic heterocycles. The van der Waals surface area contributed by atoms with E-state index in [0.717, 1.165) is 0 Å². The number of esters is 1. The van der Waals surface area contributed by atoms with Crippen LogP contribution in [-0.4, -0.2) is 37.2 Å². The molecule has 21 heavy (non-hydrogen) atoms. The summed E-state index contributed by atoms with van der Waals surface area (Å²) >= 11 is 5.59. The lowest BCUT2D eigenvalue weighted by Crippen LogP contribution is -2.23. The van der Waals surface area contributed by atoms with E-state index < -0.39 is 30.2 Å². The number of carbonyl (C=O) groups is 2. The van der Waals surface area contributed by atoms with Crippen molar-refractivity contribution in [2.75, 3.05) is 25.6 Å². The number of aromatic nitrogens is 1. The third kappa shape index (κ3) is 5.56. The number of amides is 1. The zero-order chi connectivity index (χ0) is 16.0. The normalized spacial score (nSPS) is 11.1. The Morgan fingerprint density at radius 1 is 1.38 bits per heavy atom. The van der Waals surface area contributed by atoms with E-state index in [-0.39, 0.29) is 17.4 Å². The van der Waals surface area contributed by atoms with Gasteiger partial charge in [0.05, 0.1) is 10.6 Å². The maximum atomic E-state index is 12.4. The monoisotopic (exact) mass is 326 g/mol. The topological polar surface area (TPSA) is 77.5 Å². The van der Waals surface area contributed by atoms with Crippen molar-refractivity contribution in [3.63, 3.8) is 0 Å². The van der Waals surface area contributed by atoms with Crippen LogP contribution >= 0.6 is 11.6 Å². The van der Waals surface area contributed by atoms with Crippen LogP contribution in [0.5, 0.6) is 0 Å². The molecule has 1 heterocycles. The maximum Gasteiger partial charge on any atom is 0.417 e. The average Bonchev–Trinajstić information content (AvgIpc) is 2.38. The minimum atomic E-state index is -4.59. The van der Waals surface area contributed by atoms with Crippen molar-refractivity contribution in [1.82, 2.24) is 4.98 Å². The van der Waals surface area contributed by atoms with Crippen molar-refractivity contribution in [3.05, 3.63) is 22.8 Å². The molecule has 0 unspecified atom stereocenters. The summed E-state index contributed by atoms with van der Waals surface area (Å²) in [6.45, 7) is -0.964. The third-order valence-electron chi connectivity index (χ3n) is 2.05. The molecule has 0 aliphatic rings. The number of carbonyl (C=O) groups excluding carboxylic acids is 2. The molecule has 1 rings (SSSR count). The lowest BCUT2D eigenvalue weighted by molar-refractivity contribution is -0.151. The second-order valence-corrected chi connectivity index (χ2v) is 4.10. The number of methoxy groups -OCH3 is 1. The van der Waals surface area contributed by atoms with Crippen molar-refractivity contribution >= 4 is 29.3 Å². The fourth-order valence-electron chi connectivity index (χ4n) is 1.16. The average molecular weight is 327 g/mol. The van der Waals surface area contributed by atoms with E-state index >= 15 is 0 Å². The molecule has 0 atom stereocenters. The summed E-state index contributed by atoms with van der Waals surface area (Å²) in [6, 6.07) is 0.626. The van der Waals surface area contributed by atoms with Gasteiger partial charge in [-0.1, -0.05) is 11.6 Å².